The number of anilines is 2. The molecule has 0 saturated heterocycles. The zero-order valence-corrected chi connectivity index (χ0v) is 7.83. The average Bonchev–Trinajstić information content (AvgIpc) is 2.20. The third kappa shape index (κ3) is 2.12. The van der Waals surface area contributed by atoms with Crippen LogP contribution in [0.2, 0.25) is 0 Å². The van der Waals surface area contributed by atoms with Gasteiger partial charge in [-0.2, -0.15) is 0 Å². The summed E-state index contributed by atoms with van der Waals surface area (Å²) in [4.78, 5) is 14.4. The Labute approximate surface area is 84.0 Å². The molecule has 0 aliphatic heterocycles. The molecule has 0 saturated carbocycles. The Bertz CT molecular complexity index is 396. The van der Waals surface area contributed by atoms with E-state index in [9.17, 15) is 13.6 Å². The van der Waals surface area contributed by atoms with E-state index >= 15 is 0 Å². The van der Waals surface area contributed by atoms with E-state index in [-0.39, 0.29) is 17.1 Å². The second-order valence-electron chi connectivity index (χ2n) is 2.69. The van der Waals surface area contributed by atoms with E-state index in [0.717, 1.165) is 13.2 Å². The van der Waals surface area contributed by atoms with Crippen LogP contribution in [0.1, 0.15) is 22.6 Å². The van der Waals surface area contributed by atoms with Gasteiger partial charge in [-0.25, -0.2) is 18.6 Å². The number of carbonyl (C=O) groups excluding carboxylic acids is 1. The number of pyridine rings is 1. The maximum atomic E-state index is 12.4. The summed E-state index contributed by atoms with van der Waals surface area (Å²) in [6, 6.07) is 1.09. The summed E-state index contributed by atoms with van der Waals surface area (Å²) in [5.74, 6) is -0.844. The number of esters is 1. The SMILES string of the molecule is COC(=O)c1cc(N)c(N)c(C(F)F)n1. The molecular formula is C8H9F2N3O2. The van der Waals surface area contributed by atoms with Gasteiger partial charge in [0.25, 0.3) is 6.43 Å². The minimum atomic E-state index is -2.89. The van der Waals surface area contributed by atoms with Crippen LogP contribution in [0.5, 0.6) is 0 Å². The highest BCUT2D eigenvalue weighted by Gasteiger charge is 2.19. The van der Waals surface area contributed by atoms with E-state index < -0.39 is 18.1 Å². The Balaban J connectivity index is 3.29. The van der Waals surface area contributed by atoms with Gasteiger partial charge in [-0.1, -0.05) is 0 Å². The molecule has 0 bridgehead atoms. The van der Waals surface area contributed by atoms with Gasteiger partial charge in [-0.3, -0.25) is 0 Å². The van der Waals surface area contributed by atoms with Crippen molar-refractivity contribution in [2.45, 2.75) is 6.43 Å². The Morgan fingerprint density at radius 1 is 1.53 bits per heavy atom. The fraction of sp³-hybridized carbons (Fsp3) is 0.250. The van der Waals surface area contributed by atoms with Crippen LogP contribution < -0.4 is 11.5 Å². The van der Waals surface area contributed by atoms with Crippen molar-refractivity contribution in [2.24, 2.45) is 0 Å². The van der Waals surface area contributed by atoms with Gasteiger partial charge >= 0.3 is 5.97 Å². The van der Waals surface area contributed by atoms with Crippen molar-refractivity contribution >= 4 is 17.3 Å². The molecule has 1 heterocycles. The van der Waals surface area contributed by atoms with Gasteiger partial charge in [0.15, 0.2) is 5.69 Å². The number of halogens is 2. The summed E-state index contributed by atoms with van der Waals surface area (Å²) in [7, 11) is 1.11. The summed E-state index contributed by atoms with van der Waals surface area (Å²) < 4.78 is 29.1. The van der Waals surface area contributed by atoms with Crippen LogP contribution in [-0.4, -0.2) is 18.1 Å². The molecule has 1 aromatic heterocycles. The predicted octanol–water partition coefficient (Wildman–Crippen LogP) is 0.970. The van der Waals surface area contributed by atoms with E-state index in [1.807, 2.05) is 0 Å². The number of nitrogens with two attached hydrogens (primary N) is 2. The van der Waals surface area contributed by atoms with Crippen LogP contribution in [0.3, 0.4) is 0 Å². The number of nitrogen functional groups attached to an aromatic ring is 2. The number of nitrogens with zero attached hydrogens (tertiary/aromatic N) is 1. The lowest BCUT2D eigenvalue weighted by molar-refractivity contribution is 0.0592. The first-order valence-electron chi connectivity index (χ1n) is 3.89. The third-order valence-corrected chi connectivity index (χ3v) is 1.72. The normalized spacial score (nSPS) is 10.4. The van der Waals surface area contributed by atoms with Crippen molar-refractivity contribution in [3.8, 4) is 0 Å². The summed E-state index contributed by atoms with van der Waals surface area (Å²) in [6.45, 7) is 0. The lowest BCUT2D eigenvalue weighted by Gasteiger charge is -2.08. The van der Waals surface area contributed by atoms with Gasteiger partial charge in [0.1, 0.15) is 5.69 Å². The Morgan fingerprint density at radius 3 is 2.60 bits per heavy atom. The molecule has 0 aliphatic rings. The monoisotopic (exact) mass is 217 g/mol. The van der Waals surface area contributed by atoms with Gasteiger partial charge in [0, 0.05) is 0 Å². The molecular weight excluding hydrogens is 208 g/mol. The van der Waals surface area contributed by atoms with Crippen LogP contribution in [0, 0.1) is 0 Å². The Morgan fingerprint density at radius 2 is 2.13 bits per heavy atom. The molecule has 82 valence electrons. The molecule has 1 aromatic rings. The highest BCUT2D eigenvalue weighted by molar-refractivity contribution is 5.89. The van der Waals surface area contributed by atoms with Crippen molar-refractivity contribution in [1.29, 1.82) is 0 Å². The number of alkyl halides is 2. The quantitative estimate of drug-likeness (QED) is 0.720. The van der Waals surface area contributed by atoms with Gasteiger partial charge in [0.05, 0.1) is 18.5 Å². The van der Waals surface area contributed by atoms with E-state index in [4.69, 9.17) is 11.5 Å². The van der Waals surface area contributed by atoms with Crippen LogP contribution in [-0.2, 0) is 4.74 Å². The highest BCUT2D eigenvalue weighted by Crippen LogP contribution is 2.28. The summed E-state index contributed by atoms with van der Waals surface area (Å²) in [5, 5.41) is 0. The first-order valence-corrected chi connectivity index (χ1v) is 3.89. The number of rotatable bonds is 2. The maximum absolute atomic E-state index is 12.4. The molecule has 5 nitrogen and oxygen atoms in total. The Kier molecular flexibility index (Phi) is 3.03. The number of methoxy groups -OCH3 is 1. The summed E-state index contributed by atoms with van der Waals surface area (Å²) >= 11 is 0. The van der Waals surface area contributed by atoms with Gasteiger partial charge in [-0.05, 0) is 6.07 Å². The van der Waals surface area contributed by atoms with Crippen molar-refractivity contribution in [3.63, 3.8) is 0 Å². The van der Waals surface area contributed by atoms with Crippen molar-refractivity contribution in [3.05, 3.63) is 17.5 Å². The molecule has 0 spiro atoms. The van der Waals surface area contributed by atoms with E-state index in [2.05, 4.69) is 9.72 Å². The first kappa shape index (κ1) is 11.2. The standard InChI is InChI=1S/C8H9F2N3O2/c1-15-8(14)4-2-3(11)5(12)6(13-4)7(9)10/h2,7H,12H2,1H3,(H2,11,13). The van der Waals surface area contributed by atoms with E-state index in [1.54, 1.807) is 0 Å². The van der Waals surface area contributed by atoms with Crippen molar-refractivity contribution < 1.29 is 18.3 Å². The molecule has 0 aliphatic carbocycles. The molecule has 15 heavy (non-hydrogen) atoms. The van der Waals surface area contributed by atoms with Crippen molar-refractivity contribution in [2.75, 3.05) is 18.6 Å². The number of ether oxygens (including phenoxy) is 1. The topological polar surface area (TPSA) is 91.2 Å². The number of aromatic nitrogens is 1. The van der Waals surface area contributed by atoms with Crippen molar-refractivity contribution in [1.82, 2.24) is 4.98 Å². The van der Waals surface area contributed by atoms with Crippen LogP contribution in [0.15, 0.2) is 6.07 Å². The number of hydrogen-bond donors (Lipinski definition) is 2. The molecule has 0 radical (unpaired) electrons. The minimum Gasteiger partial charge on any atom is -0.464 e. The molecule has 7 heteroatoms. The largest absolute Gasteiger partial charge is 0.464 e. The Hall–Kier alpha value is -1.92. The fourth-order valence-corrected chi connectivity index (χ4v) is 0.971. The lowest BCUT2D eigenvalue weighted by atomic mass is 10.2. The zero-order valence-electron chi connectivity index (χ0n) is 7.83. The number of carbonyl (C=O) groups is 1. The van der Waals surface area contributed by atoms with E-state index in [0.29, 0.717) is 0 Å². The molecule has 0 fully saturated rings. The molecule has 0 aromatic carbocycles. The third-order valence-electron chi connectivity index (χ3n) is 1.72. The second kappa shape index (κ2) is 4.07. The molecule has 0 amide bonds. The summed E-state index contributed by atoms with van der Waals surface area (Å²) in [5.41, 5.74) is 9.17. The summed E-state index contributed by atoms with van der Waals surface area (Å²) in [6.07, 6.45) is -2.89. The van der Waals surface area contributed by atoms with Gasteiger partial charge in [0.2, 0.25) is 0 Å². The first-order chi connectivity index (χ1) is 6.97. The second-order valence-corrected chi connectivity index (χ2v) is 2.69. The molecule has 0 atom stereocenters. The number of hydrogen-bond acceptors (Lipinski definition) is 5. The maximum Gasteiger partial charge on any atom is 0.356 e. The molecule has 1 rings (SSSR count). The van der Waals surface area contributed by atoms with Crippen LogP contribution >= 0.6 is 0 Å². The van der Waals surface area contributed by atoms with Crippen LogP contribution in [0.25, 0.3) is 0 Å². The minimum absolute atomic E-state index is 0.124. The van der Waals surface area contributed by atoms with Crippen LogP contribution in [0.4, 0.5) is 20.2 Å². The predicted molar refractivity (Wildman–Crippen MR) is 49.4 cm³/mol. The molecule has 4 N–H and O–H groups in total. The highest BCUT2D eigenvalue weighted by atomic mass is 19.3. The smallest absolute Gasteiger partial charge is 0.356 e. The van der Waals surface area contributed by atoms with E-state index in [1.165, 1.54) is 0 Å². The lowest BCUT2D eigenvalue weighted by Crippen LogP contribution is -2.11. The fourth-order valence-electron chi connectivity index (χ4n) is 0.971. The molecule has 0 unspecified atom stereocenters. The zero-order chi connectivity index (χ0) is 11.6. The van der Waals surface area contributed by atoms with Gasteiger partial charge < -0.3 is 16.2 Å². The van der Waals surface area contributed by atoms with Gasteiger partial charge in [-0.15, -0.1) is 0 Å². The average molecular weight is 217 g/mol.